The predicted molar refractivity (Wildman–Crippen MR) is 134 cm³/mol. The molecular formula is C28H43NO2. The van der Waals surface area contributed by atoms with E-state index in [1.165, 1.54) is 83.5 Å². The number of nitrogens with one attached hydrogen (secondary N) is 1. The van der Waals surface area contributed by atoms with E-state index in [1.54, 1.807) is 6.07 Å². The first-order valence-electron chi connectivity index (χ1n) is 12.7. The van der Waals surface area contributed by atoms with Crippen LogP contribution in [-0.4, -0.2) is 11.0 Å². The number of unbranched alkanes of at least 4 members (excludes halogenated alkanes) is 14. The zero-order valence-electron chi connectivity index (χ0n) is 19.6. The van der Waals surface area contributed by atoms with Crippen LogP contribution in [0.2, 0.25) is 0 Å². The molecule has 3 heteroatoms. The Bertz CT molecular complexity index is 756. The van der Waals surface area contributed by atoms with Crippen molar-refractivity contribution in [2.75, 3.05) is 5.32 Å². The summed E-state index contributed by atoms with van der Waals surface area (Å²) in [6, 6.07) is 11.4. The first-order valence-corrected chi connectivity index (χ1v) is 12.7. The fourth-order valence-electron chi connectivity index (χ4n) is 4.20. The van der Waals surface area contributed by atoms with Gasteiger partial charge in [-0.25, -0.2) is 0 Å². The Labute approximate surface area is 189 Å². The molecular weight excluding hydrogens is 382 g/mol. The molecule has 0 aliphatic heterocycles. The van der Waals surface area contributed by atoms with Gasteiger partial charge >= 0.3 is 0 Å². The minimum Gasteiger partial charge on any atom is -0.506 e. The lowest BCUT2D eigenvalue weighted by atomic mass is 10.0. The molecule has 1 amide bonds. The van der Waals surface area contributed by atoms with Crippen molar-refractivity contribution in [3.63, 3.8) is 0 Å². The van der Waals surface area contributed by atoms with Crippen LogP contribution in [0, 0.1) is 0 Å². The van der Waals surface area contributed by atoms with Gasteiger partial charge in [-0.3, -0.25) is 4.79 Å². The summed E-state index contributed by atoms with van der Waals surface area (Å²) >= 11 is 0. The predicted octanol–water partition coefficient (Wildman–Crippen LogP) is 8.75. The number of fused-ring (bicyclic) bond motifs is 1. The molecule has 0 aliphatic carbocycles. The van der Waals surface area contributed by atoms with E-state index < -0.39 is 0 Å². The van der Waals surface area contributed by atoms with Crippen molar-refractivity contribution in [1.82, 2.24) is 0 Å². The van der Waals surface area contributed by atoms with Crippen LogP contribution in [-0.2, 0) is 4.79 Å². The number of phenols is 1. The highest BCUT2D eigenvalue weighted by Crippen LogP contribution is 2.29. The largest absolute Gasteiger partial charge is 0.506 e. The molecule has 0 atom stereocenters. The number of anilines is 1. The number of carbonyl (C=O) groups excluding carboxylic acids is 1. The standard InChI is InChI=1S/C28H43NO2/c1-2-3-4-5-6-7-8-9-10-11-12-13-14-15-16-21-28(31)29-26-22-24-19-17-18-20-25(24)23-27(26)30/h17-20,22-23,30H,2-16,21H2,1H3,(H,29,31). The van der Waals surface area contributed by atoms with E-state index in [9.17, 15) is 9.90 Å². The first-order chi connectivity index (χ1) is 15.2. The van der Waals surface area contributed by atoms with Gasteiger partial charge in [0.05, 0.1) is 5.69 Å². The van der Waals surface area contributed by atoms with Crippen molar-refractivity contribution in [3.05, 3.63) is 36.4 Å². The number of aromatic hydroxyl groups is 1. The molecule has 3 nitrogen and oxygen atoms in total. The lowest BCUT2D eigenvalue weighted by Crippen LogP contribution is -2.11. The van der Waals surface area contributed by atoms with Gasteiger partial charge in [0.15, 0.2) is 0 Å². The van der Waals surface area contributed by atoms with Gasteiger partial charge in [-0.1, -0.05) is 121 Å². The second-order valence-electron chi connectivity index (χ2n) is 8.96. The zero-order chi connectivity index (χ0) is 22.2. The maximum absolute atomic E-state index is 12.2. The number of rotatable bonds is 17. The van der Waals surface area contributed by atoms with E-state index >= 15 is 0 Å². The highest BCUT2D eigenvalue weighted by atomic mass is 16.3. The van der Waals surface area contributed by atoms with Gasteiger partial charge in [0.1, 0.15) is 5.75 Å². The smallest absolute Gasteiger partial charge is 0.224 e. The highest BCUT2D eigenvalue weighted by Gasteiger charge is 2.08. The molecule has 0 heterocycles. The second kappa shape index (κ2) is 15.7. The van der Waals surface area contributed by atoms with Crippen LogP contribution in [0.3, 0.4) is 0 Å². The highest BCUT2D eigenvalue weighted by molar-refractivity contribution is 5.96. The summed E-state index contributed by atoms with van der Waals surface area (Å²) in [5, 5.41) is 15.0. The summed E-state index contributed by atoms with van der Waals surface area (Å²) in [6.45, 7) is 2.27. The Morgan fingerprint density at radius 1 is 0.710 bits per heavy atom. The number of carbonyl (C=O) groups is 1. The molecule has 0 saturated heterocycles. The number of hydrogen-bond donors (Lipinski definition) is 2. The van der Waals surface area contributed by atoms with Gasteiger partial charge in [-0.2, -0.15) is 0 Å². The van der Waals surface area contributed by atoms with E-state index in [1.807, 2.05) is 30.3 Å². The van der Waals surface area contributed by atoms with Gasteiger partial charge in [-0.15, -0.1) is 0 Å². The van der Waals surface area contributed by atoms with Crippen molar-refractivity contribution < 1.29 is 9.90 Å². The quantitative estimate of drug-likeness (QED) is 0.196. The summed E-state index contributed by atoms with van der Waals surface area (Å²) in [5.41, 5.74) is 0.504. The van der Waals surface area contributed by atoms with Crippen LogP contribution in [0.4, 0.5) is 5.69 Å². The third-order valence-electron chi connectivity index (χ3n) is 6.15. The molecule has 2 aromatic carbocycles. The SMILES string of the molecule is CCCCCCCCCCCCCCCCCC(=O)Nc1cc2ccccc2cc1O. The number of hydrogen-bond acceptors (Lipinski definition) is 2. The van der Waals surface area contributed by atoms with Gasteiger partial charge in [0, 0.05) is 6.42 Å². The average Bonchev–Trinajstić information content (AvgIpc) is 2.77. The van der Waals surface area contributed by atoms with Crippen molar-refractivity contribution in [3.8, 4) is 5.75 Å². The zero-order valence-corrected chi connectivity index (χ0v) is 19.6. The van der Waals surface area contributed by atoms with Crippen LogP contribution in [0.1, 0.15) is 110 Å². The van der Waals surface area contributed by atoms with E-state index in [0.29, 0.717) is 12.1 Å². The Morgan fingerprint density at radius 3 is 1.68 bits per heavy atom. The maximum Gasteiger partial charge on any atom is 0.224 e. The summed E-state index contributed by atoms with van der Waals surface area (Å²) in [5.74, 6) is 0.115. The van der Waals surface area contributed by atoms with Crippen molar-refractivity contribution in [2.24, 2.45) is 0 Å². The Balaban J connectivity index is 1.44. The first kappa shape index (κ1) is 25.2. The second-order valence-corrected chi connectivity index (χ2v) is 8.96. The third-order valence-corrected chi connectivity index (χ3v) is 6.15. The third kappa shape index (κ3) is 10.7. The minimum atomic E-state index is -0.0136. The summed E-state index contributed by atoms with van der Waals surface area (Å²) in [6.07, 6.45) is 20.3. The van der Waals surface area contributed by atoms with Gasteiger partial charge in [-0.05, 0) is 29.3 Å². The summed E-state index contributed by atoms with van der Waals surface area (Å²) in [4.78, 5) is 12.2. The van der Waals surface area contributed by atoms with Gasteiger partial charge < -0.3 is 10.4 Å². The average molecular weight is 426 g/mol. The molecule has 31 heavy (non-hydrogen) atoms. The summed E-state index contributed by atoms with van der Waals surface area (Å²) in [7, 11) is 0. The lowest BCUT2D eigenvalue weighted by molar-refractivity contribution is -0.116. The van der Waals surface area contributed by atoms with Crippen LogP contribution in [0.5, 0.6) is 5.75 Å². The van der Waals surface area contributed by atoms with E-state index in [-0.39, 0.29) is 11.7 Å². The summed E-state index contributed by atoms with van der Waals surface area (Å²) < 4.78 is 0. The fourth-order valence-corrected chi connectivity index (χ4v) is 4.20. The van der Waals surface area contributed by atoms with Crippen LogP contribution in [0.15, 0.2) is 36.4 Å². The molecule has 0 saturated carbocycles. The molecule has 0 aromatic heterocycles. The van der Waals surface area contributed by atoms with E-state index in [0.717, 1.165) is 23.6 Å². The molecule has 0 bridgehead atoms. The van der Waals surface area contributed by atoms with Crippen molar-refractivity contribution >= 4 is 22.4 Å². The molecule has 2 aromatic rings. The van der Waals surface area contributed by atoms with Gasteiger partial charge in [0.2, 0.25) is 5.91 Å². The minimum absolute atomic E-state index is 0.0136. The number of amides is 1. The van der Waals surface area contributed by atoms with E-state index in [2.05, 4.69) is 12.2 Å². The molecule has 172 valence electrons. The molecule has 2 rings (SSSR count). The topological polar surface area (TPSA) is 49.3 Å². The molecule has 0 spiro atoms. The van der Waals surface area contributed by atoms with Crippen LogP contribution >= 0.6 is 0 Å². The van der Waals surface area contributed by atoms with Crippen molar-refractivity contribution in [2.45, 2.75) is 110 Å². The molecule has 2 N–H and O–H groups in total. The van der Waals surface area contributed by atoms with E-state index in [4.69, 9.17) is 0 Å². The Morgan fingerprint density at radius 2 is 1.16 bits per heavy atom. The normalized spacial score (nSPS) is 11.1. The number of benzene rings is 2. The monoisotopic (exact) mass is 425 g/mol. The fraction of sp³-hybridized carbons (Fsp3) is 0.607. The number of phenolic OH excluding ortho intramolecular Hbond substituents is 1. The Kier molecular flexibility index (Phi) is 12.8. The van der Waals surface area contributed by atoms with Crippen LogP contribution in [0.25, 0.3) is 10.8 Å². The van der Waals surface area contributed by atoms with Crippen molar-refractivity contribution in [1.29, 1.82) is 0 Å². The van der Waals surface area contributed by atoms with Gasteiger partial charge in [0.25, 0.3) is 0 Å². The maximum atomic E-state index is 12.2. The molecule has 0 fully saturated rings. The molecule has 0 radical (unpaired) electrons. The molecule has 0 unspecified atom stereocenters. The van der Waals surface area contributed by atoms with Crippen LogP contribution < -0.4 is 5.32 Å². The lowest BCUT2D eigenvalue weighted by Gasteiger charge is -2.09. The Hall–Kier alpha value is -2.03. The molecule has 0 aliphatic rings.